The van der Waals surface area contributed by atoms with E-state index in [1.54, 1.807) is 44.2 Å². The van der Waals surface area contributed by atoms with Crippen molar-refractivity contribution in [1.29, 1.82) is 0 Å². The van der Waals surface area contributed by atoms with Crippen LogP contribution in [0.5, 0.6) is 11.5 Å². The molecule has 1 atom stereocenters. The highest BCUT2D eigenvalue weighted by Gasteiger charge is 2.34. The Kier molecular flexibility index (Phi) is 11.7. The number of hydrogen-bond donors (Lipinski definition) is 1. The van der Waals surface area contributed by atoms with Gasteiger partial charge in [-0.05, 0) is 80.3 Å². The maximum atomic E-state index is 14.3. The van der Waals surface area contributed by atoms with Crippen molar-refractivity contribution in [2.75, 3.05) is 31.6 Å². The molecule has 0 aliphatic rings. The molecule has 0 aliphatic carbocycles. The maximum Gasteiger partial charge on any atom is 0.264 e. The third-order valence-corrected chi connectivity index (χ3v) is 9.17. The highest BCUT2D eigenvalue weighted by Crippen LogP contribution is 2.33. The summed E-state index contributed by atoms with van der Waals surface area (Å²) in [5, 5.41) is 3.52. The van der Waals surface area contributed by atoms with E-state index in [2.05, 4.69) is 5.32 Å². The minimum Gasteiger partial charge on any atom is -0.493 e. The molecule has 0 saturated carbocycles. The lowest BCUT2D eigenvalue weighted by atomic mass is 10.1. The van der Waals surface area contributed by atoms with Gasteiger partial charge in [0.05, 0.1) is 24.8 Å². The second-order valence-corrected chi connectivity index (χ2v) is 12.7. The first-order valence-electron chi connectivity index (χ1n) is 13.7. The number of anilines is 1. The summed E-state index contributed by atoms with van der Waals surface area (Å²) in [7, 11) is -1.46. The molecule has 0 spiro atoms. The monoisotopic (exact) mass is 649 g/mol. The lowest BCUT2D eigenvalue weighted by Crippen LogP contribution is -2.52. The van der Waals surface area contributed by atoms with Crippen molar-refractivity contribution in [3.05, 3.63) is 81.3 Å². The Bertz CT molecular complexity index is 1560. The van der Waals surface area contributed by atoms with Gasteiger partial charge in [-0.3, -0.25) is 13.9 Å². The van der Waals surface area contributed by atoms with Crippen LogP contribution in [0.3, 0.4) is 0 Å². The first kappa shape index (κ1) is 34.0. The second kappa shape index (κ2) is 14.8. The summed E-state index contributed by atoms with van der Waals surface area (Å²) >= 11 is 12.5. The zero-order valence-corrected chi connectivity index (χ0v) is 27.4. The van der Waals surface area contributed by atoms with Gasteiger partial charge in [0, 0.05) is 29.2 Å². The highest BCUT2D eigenvalue weighted by molar-refractivity contribution is 7.92. The normalized spacial score (nSPS) is 11.9. The van der Waals surface area contributed by atoms with E-state index in [1.807, 2.05) is 19.9 Å². The zero-order chi connectivity index (χ0) is 31.9. The fraction of sp³-hybridized carbons (Fsp3) is 0.355. The van der Waals surface area contributed by atoms with Crippen LogP contribution in [0.2, 0.25) is 10.0 Å². The average molecular weight is 651 g/mol. The summed E-state index contributed by atoms with van der Waals surface area (Å²) in [4.78, 5) is 28.6. The van der Waals surface area contributed by atoms with Gasteiger partial charge in [-0.15, -0.1) is 0 Å². The standard InChI is InChI=1S/C31H37Cl2N3O6S/c1-7-27(31(38)34-8-2)35(18-22-9-10-23(32)16-26(22)33)30(37)19-36(24-14-20(3)13-21(4)15-24)43(39,40)25-11-12-28(41-5)29(17-25)42-6/h9-17,27H,7-8,18-19H2,1-6H3,(H,34,38). The van der Waals surface area contributed by atoms with Crippen molar-refractivity contribution in [1.82, 2.24) is 10.2 Å². The first-order chi connectivity index (χ1) is 20.4. The van der Waals surface area contributed by atoms with E-state index in [4.69, 9.17) is 32.7 Å². The van der Waals surface area contributed by atoms with Gasteiger partial charge < -0.3 is 19.7 Å². The van der Waals surface area contributed by atoms with Gasteiger partial charge in [-0.2, -0.15) is 0 Å². The third kappa shape index (κ3) is 8.13. The number of halogens is 2. The molecule has 0 aliphatic heterocycles. The van der Waals surface area contributed by atoms with E-state index in [1.165, 1.54) is 37.3 Å². The number of rotatable bonds is 13. The molecule has 43 heavy (non-hydrogen) atoms. The van der Waals surface area contributed by atoms with Gasteiger partial charge in [-0.1, -0.05) is 42.3 Å². The number of likely N-dealkylation sites (N-methyl/N-ethyl adjacent to an activating group) is 1. The number of nitrogens with one attached hydrogen (secondary N) is 1. The van der Waals surface area contributed by atoms with Crippen LogP contribution in [0.4, 0.5) is 5.69 Å². The number of sulfonamides is 1. The van der Waals surface area contributed by atoms with Gasteiger partial charge >= 0.3 is 0 Å². The number of aryl methyl sites for hydroxylation is 2. The molecule has 0 heterocycles. The quantitative estimate of drug-likeness (QED) is 0.252. The molecular formula is C31H37Cl2N3O6S. The van der Waals surface area contributed by atoms with Crippen LogP contribution in [0.25, 0.3) is 0 Å². The van der Waals surface area contributed by atoms with Crippen LogP contribution in [-0.2, 0) is 26.2 Å². The molecule has 3 rings (SSSR count). The molecule has 1 N–H and O–H groups in total. The SMILES string of the molecule is CCNC(=O)C(CC)N(Cc1ccc(Cl)cc1Cl)C(=O)CN(c1cc(C)cc(C)c1)S(=O)(=O)c1ccc(OC)c(OC)c1. The summed E-state index contributed by atoms with van der Waals surface area (Å²) in [5.41, 5.74) is 2.49. The van der Waals surface area contributed by atoms with E-state index < -0.39 is 28.5 Å². The Hall–Kier alpha value is -3.47. The largest absolute Gasteiger partial charge is 0.493 e. The molecule has 12 heteroatoms. The Morgan fingerprint density at radius 3 is 2.12 bits per heavy atom. The summed E-state index contributed by atoms with van der Waals surface area (Å²) in [6.07, 6.45) is 0.286. The lowest BCUT2D eigenvalue weighted by molar-refractivity contribution is -0.140. The van der Waals surface area contributed by atoms with Crippen molar-refractivity contribution in [3.63, 3.8) is 0 Å². The van der Waals surface area contributed by atoms with Crippen molar-refractivity contribution < 1.29 is 27.5 Å². The molecule has 9 nitrogen and oxygen atoms in total. The van der Waals surface area contributed by atoms with Crippen molar-refractivity contribution in [2.24, 2.45) is 0 Å². The summed E-state index contributed by atoms with van der Waals surface area (Å²) in [6, 6.07) is 13.5. The van der Waals surface area contributed by atoms with E-state index >= 15 is 0 Å². The molecule has 232 valence electrons. The predicted molar refractivity (Wildman–Crippen MR) is 170 cm³/mol. The van der Waals surface area contributed by atoms with Gasteiger partial charge in [0.15, 0.2) is 11.5 Å². The molecule has 0 aromatic heterocycles. The van der Waals surface area contributed by atoms with E-state index in [0.717, 1.165) is 15.4 Å². The van der Waals surface area contributed by atoms with Crippen LogP contribution in [-0.4, -0.2) is 58.5 Å². The molecule has 1 unspecified atom stereocenters. The number of carbonyl (C=O) groups excluding carboxylic acids is 2. The number of benzene rings is 3. The molecule has 0 radical (unpaired) electrons. The average Bonchev–Trinajstić information content (AvgIpc) is 2.95. The summed E-state index contributed by atoms with van der Waals surface area (Å²) in [6.45, 7) is 6.99. The Morgan fingerprint density at radius 1 is 0.907 bits per heavy atom. The van der Waals surface area contributed by atoms with Crippen molar-refractivity contribution >= 4 is 50.7 Å². The third-order valence-electron chi connectivity index (χ3n) is 6.81. The number of hydrogen-bond acceptors (Lipinski definition) is 6. The highest BCUT2D eigenvalue weighted by atomic mass is 35.5. The smallest absolute Gasteiger partial charge is 0.264 e. The van der Waals surface area contributed by atoms with Crippen molar-refractivity contribution in [2.45, 2.75) is 51.6 Å². The number of methoxy groups -OCH3 is 2. The van der Waals surface area contributed by atoms with Crippen LogP contribution in [0.15, 0.2) is 59.5 Å². The van der Waals surface area contributed by atoms with E-state index in [0.29, 0.717) is 33.6 Å². The van der Waals surface area contributed by atoms with Crippen LogP contribution < -0.4 is 19.1 Å². The predicted octanol–water partition coefficient (Wildman–Crippen LogP) is 5.77. The number of ether oxygens (including phenoxy) is 2. The van der Waals surface area contributed by atoms with Crippen molar-refractivity contribution in [3.8, 4) is 11.5 Å². The zero-order valence-electron chi connectivity index (χ0n) is 25.1. The molecule has 0 saturated heterocycles. The van der Waals surface area contributed by atoms with E-state index in [9.17, 15) is 18.0 Å². The van der Waals surface area contributed by atoms with Crippen LogP contribution >= 0.6 is 23.2 Å². The minimum atomic E-state index is -4.32. The summed E-state index contributed by atoms with van der Waals surface area (Å²) in [5.74, 6) is -0.373. The molecule has 0 bridgehead atoms. The maximum absolute atomic E-state index is 14.3. The second-order valence-electron chi connectivity index (χ2n) is 9.95. The van der Waals surface area contributed by atoms with Gasteiger partial charge in [0.2, 0.25) is 11.8 Å². The number of carbonyl (C=O) groups is 2. The fourth-order valence-corrected chi connectivity index (χ4v) is 6.65. The van der Waals surface area contributed by atoms with Crippen LogP contribution in [0, 0.1) is 13.8 Å². The minimum absolute atomic E-state index is 0.0401. The molecular weight excluding hydrogens is 613 g/mol. The van der Waals surface area contributed by atoms with Gasteiger partial charge in [0.25, 0.3) is 10.0 Å². The molecule has 3 aromatic carbocycles. The molecule has 0 fully saturated rings. The fourth-order valence-electron chi connectivity index (χ4n) is 4.77. The number of amides is 2. The number of nitrogens with zero attached hydrogens (tertiary/aromatic N) is 2. The summed E-state index contributed by atoms with van der Waals surface area (Å²) < 4.78 is 40.2. The topological polar surface area (TPSA) is 105 Å². The molecule has 3 aromatic rings. The Morgan fingerprint density at radius 2 is 1.56 bits per heavy atom. The first-order valence-corrected chi connectivity index (χ1v) is 15.9. The Balaban J connectivity index is 2.15. The Labute approximate surface area is 263 Å². The molecule has 2 amide bonds. The van der Waals surface area contributed by atoms with Crippen LogP contribution in [0.1, 0.15) is 37.0 Å². The van der Waals surface area contributed by atoms with Gasteiger partial charge in [-0.25, -0.2) is 8.42 Å². The van der Waals surface area contributed by atoms with Gasteiger partial charge in [0.1, 0.15) is 12.6 Å². The lowest BCUT2D eigenvalue weighted by Gasteiger charge is -2.33. The van der Waals surface area contributed by atoms with E-state index in [-0.39, 0.29) is 29.5 Å².